The van der Waals surface area contributed by atoms with Crippen LogP contribution in [0.1, 0.15) is 38.3 Å². The van der Waals surface area contributed by atoms with Crippen LogP contribution in [0.5, 0.6) is 5.88 Å². The first-order valence-electron chi connectivity index (χ1n) is 11.2. The van der Waals surface area contributed by atoms with Crippen molar-refractivity contribution < 1.29 is 19.5 Å². The van der Waals surface area contributed by atoms with E-state index in [9.17, 15) is 9.59 Å². The summed E-state index contributed by atoms with van der Waals surface area (Å²) in [5.41, 5.74) is 0.663. The Balaban J connectivity index is 1.48. The summed E-state index contributed by atoms with van der Waals surface area (Å²) in [7, 11) is 1.52. The highest BCUT2D eigenvalue weighted by Gasteiger charge is 2.48. The Kier molecular flexibility index (Phi) is 6.85. The molecule has 34 heavy (non-hydrogen) atoms. The van der Waals surface area contributed by atoms with Gasteiger partial charge in [0, 0.05) is 18.6 Å². The lowest BCUT2D eigenvalue weighted by atomic mass is 9.88. The lowest BCUT2D eigenvalue weighted by Crippen LogP contribution is -2.52. The maximum absolute atomic E-state index is 13.3. The van der Waals surface area contributed by atoms with Gasteiger partial charge in [0.25, 0.3) is 5.91 Å². The third-order valence-electron chi connectivity index (χ3n) is 6.18. The molecule has 1 atom stereocenters. The average Bonchev–Trinajstić information content (AvgIpc) is 3.78. The van der Waals surface area contributed by atoms with Gasteiger partial charge < -0.3 is 20.6 Å². The van der Waals surface area contributed by atoms with Gasteiger partial charge in [0.15, 0.2) is 5.71 Å². The molecule has 0 bridgehead atoms. The summed E-state index contributed by atoms with van der Waals surface area (Å²) >= 11 is 0. The number of nitrogens with one attached hydrogen (secondary N) is 3. The smallest absolute Gasteiger partial charge is 0.272 e. The van der Waals surface area contributed by atoms with E-state index in [1.807, 2.05) is 0 Å². The van der Waals surface area contributed by atoms with Crippen molar-refractivity contribution >= 4 is 28.9 Å². The summed E-state index contributed by atoms with van der Waals surface area (Å²) in [6, 6.07) is -0.783. The fraction of sp³-hybridized carbons (Fsp3) is 0.500. The summed E-state index contributed by atoms with van der Waals surface area (Å²) in [5.74, 6) is 0.138. The lowest BCUT2D eigenvalue weighted by molar-refractivity contribution is -0.124. The highest BCUT2D eigenvalue weighted by Crippen LogP contribution is 2.50. The Hall–Kier alpha value is -3.83. The van der Waals surface area contributed by atoms with Gasteiger partial charge >= 0.3 is 0 Å². The Labute approximate surface area is 196 Å². The number of rotatable bonds is 11. The Morgan fingerprint density at radius 1 is 1.26 bits per heavy atom. The standard InChI is InChI=1S/C22H28N8O4/c1-12(29-33)18(23)20(31)28-19(17(13-3-4-13)14-5-6-14)21(32)27-15-9-26-30(10-15)11-16-22(34-2)25-8-7-24-16/h7-10,13-14,17,19,23,33H,3-6,11H2,1-2H3,(H,27,32)(H,28,31)/p+1/b23-18?,29-12-/t19-/m0/s1. The number of carbonyl (C=O) groups is 2. The number of amides is 2. The van der Waals surface area contributed by atoms with Gasteiger partial charge in [0.1, 0.15) is 17.4 Å². The zero-order valence-electron chi connectivity index (χ0n) is 19.1. The van der Waals surface area contributed by atoms with Crippen molar-refractivity contribution in [2.45, 2.75) is 45.2 Å². The number of ether oxygens (including phenoxy) is 1. The SMILES string of the molecule is COc1nccnc1Cn1cc(NC(=O)[C@@H](NC(=O)C(=N)/C(C)=N\[OH2+])C(C2CC2)C2CC2)cn1. The van der Waals surface area contributed by atoms with E-state index in [1.165, 1.54) is 20.2 Å². The molecule has 2 aromatic rings. The summed E-state index contributed by atoms with van der Waals surface area (Å²) in [5, 5.41) is 28.1. The van der Waals surface area contributed by atoms with Crippen molar-refractivity contribution in [1.29, 1.82) is 5.41 Å². The first kappa shape index (κ1) is 23.3. The van der Waals surface area contributed by atoms with Gasteiger partial charge in [-0.1, -0.05) is 0 Å². The zero-order chi connectivity index (χ0) is 24.2. The molecule has 0 saturated heterocycles. The second-order valence-corrected chi connectivity index (χ2v) is 8.70. The molecular weight excluding hydrogens is 440 g/mol. The van der Waals surface area contributed by atoms with Crippen LogP contribution in [-0.2, 0) is 16.1 Å². The minimum atomic E-state index is -0.783. The molecule has 0 aromatic carbocycles. The molecule has 180 valence electrons. The van der Waals surface area contributed by atoms with E-state index in [1.54, 1.807) is 23.3 Å². The van der Waals surface area contributed by atoms with Gasteiger partial charge in [-0.05, 0) is 50.4 Å². The normalized spacial score (nSPS) is 16.7. The third-order valence-corrected chi connectivity index (χ3v) is 6.18. The molecular formula is C22H29N8O4+. The first-order valence-corrected chi connectivity index (χ1v) is 11.2. The Morgan fingerprint density at radius 2 is 1.94 bits per heavy atom. The molecule has 2 aromatic heterocycles. The van der Waals surface area contributed by atoms with E-state index in [0.717, 1.165) is 25.7 Å². The lowest BCUT2D eigenvalue weighted by Gasteiger charge is -2.27. The van der Waals surface area contributed by atoms with Crippen LogP contribution >= 0.6 is 0 Å². The molecule has 2 heterocycles. The number of aromatic nitrogens is 4. The first-order chi connectivity index (χ1) is 16.4. The third kappa shape index (κ3) is 5.38. The van der Waals surface area contributed by atoms with Crippen LogP contribution in [-0.4, -0.2) is 61.3 Å². The van der Waals surface area contributed by atoms with Crippen molar-refractivity contribution in [2.75, 3.05) is 12.4 Å². The molecule has 2 aliphatic rings. The fourth-order valence-corrected chi connectivity index (χ4v) is 4.18. The van der Waals surface area contributed by atoms with Gasteiger partial charge in [0.05, 0.1) is 30.7 Å². The number of hydrogen-bond acceptors (Lipinski definition) is 8. The molecule has 12 heteroatoms. The number of hydrogen-bond donors (Lipinski definition) is 3. The van der Waals surface area contributed by atoms with Gasteiger partial charge in [-0.25, -0.2) is 4.98 Å². The van der Waals surface area contributed by atoms with Crippen LogP contribution in [0.3, 0.4) is 0 Å². The van der Waals surface area contributed by atoms with Crippen molar-refractivity contribution in [2.24, 2.45) is 22.9 Å². The molecule has 2 aliphatic carbocycles. The maximum Gasteiger partial charge on any atom is 0.272 e. The van der Waals surface area contributed by atoms with Crippen LogP contribution < -0.4 is 15.4 Å². The van der Waals surface area contributed by atoms with E-state index in [0.29, 0.717) is 35.6 Å². The minimum Gasteiger partial charge on any atom is -0.480 e. The van der Waals surface area contributed by atoms with Gasteiger partial charge in [-0.2, -0.15) is 5.10 Å². The molecule has 12 nitrogen and oxygen atoms in total. The van der Waals surface area contributed by atoms with E-state index >= 15 is 0 Å². The summed E-state index contributed by atoms with van der Waals surface area (Å²) < 4.78 is 6.83. The number of nitrogens with zero attached hydrogens (tertiary/aromatic N) is 5. The quantitative estimate of drug-likeness (QED) is 0.248. The minimum absolute atomic E-state index is 0.00762. The van der Waals surface area contributed by atoms with Crippen LogP contribution in [0, 0.1) is 23.2 Å². The van der Waals surface area contributed by atoms with E-state index in [4.69, 9.17) is 15.4 Å². The second-order valence-electron chi connectivity index (χ2n) is 8.70. The highest BCUT2D eigenvalue weighted by molar-refractivity contribution is 6.65. The highest BCUT2D eigenvalue weighted by atomic mass is 16.5. The predicted octanol–water partition coefficient (Wildman–Crippen LogP) is 0.710. The molecule has 0 aliphatic heterocycles. The maximum atomic E-state index is 13.3. The Bertz CT molecular complexity index is 1090. The molecule has 2 amide bonds. The predicted molar refractivity (Wildman–Crippen MR) is 124 cm³/mol. The van der Waals surface area contributed by atoms with Gasteiger partial charge in [-0.15, -0.1) is 0 Å². The zero-order valence-corrected chi connectivity index (χ0v) is 19.1. The van der Waals surface area contributed by atoms with Crippen LogP contribution in [0.4, 0.5) is 5.69 Å². The molecule has 2 saturated carbocycles. The summed E-state index contributed by atoms with van der Waals surface area (Å²) in [6.45, 7) is 1.73. The van der Waals surface area contributed by atoms with Crippen molar-refractivity contribution in [3.63, 3.8) is 0 Å². The second kappa shape index (κ2) is 9.98. The van der Waals surface area contributed by atoms with Crippen molar-refractivity contribution in [3.8, 4) is 5.88 Å². The molecule has 4 rings (SSSR count). The van der Waals surface area contributed by atoms with Crippen molar-refractivity contribution in [3.05, 3.63) is 30.5 Å². The number of methoxy groups -OCH3 is 1. The van der Waals surface area contributed by atoms with E-state index < -0.39 is 17.7 Å². The average molecular weight is 470 g/mol. The molecule has 2 fully saturated rings. The monoisotopic (exact) mass is 469 g/mol. The largest absolute Gasteiger partial charge is 0.480 e. The Morgan fingerprint density at radius 3 is 2.56 bits per heavy atom. The van der Waals surface area contributed by atoms with Crippen LogP contribution in [0.25, 0.3) is 0 Å². The fourth-order valence-electron chi connectivity index (χ4n) is 4.18. The van der Waals surface area contributed by atoms with Gasteiger partial charge in [-0.3, -0.25) is 24.7 Å². The molecule has 5 N–H and O–H groups in total. The van der Waals surface area contributed by atoms with Crippen LogP contribution in [0.2, 0.25) is 0 Å². The summed E-state index contributed by atoms with van der Waals surface area (Å²) in [4.78, 5) is 34.4. The number of anilines is 1. The topological polar surface area (TPSA) is 170 Å². The van der Waals surface area contributed by atoms with E-state index in [-0.39, 0.29) is 17.5 Å². The molecule has 0 radical (unpaired) electrons. The van der Waals surface area contributed by atoms with E-state index in [2.05, 4.69) is 30.9 Å². The summed E-state index contributed by atoms with van der Waals surface area (Å²) in [6.07, 6.45) is 10.4. The molecule has 0 unspecified atom stereocenters. The molecule has 0 spiro atoms. The number of carbonyl (C=O) groups excluding carboxylic acids is 2. The van der Waals surface area contributed by atoms with Gasteiger partial charge in [0.2, 0.25) is 11.8 Å². The van der Waals surface area contributed by atoms with Crippen molar-refractivity contribution in [1.82, 2.24) is 25.1 Å². The van der Waals surface area contributed by atoms with Crippen LogP contribution in [0.15, 0.2) is 29.9 Å².